The molecule has 0 amide bonds. The van der Waals surface area contributed by atoms with Crippen molar-refractivity contribution in [2.75, 3.05) is 5.73 Å². The van der Waals surface area contributed by atoms with Crippen LogP contribution in [0.25, 0.3) is 10.8 Å². The Kier molecular flexibility index (Phi) is 3.21. The van der Waals surface area contributed by atoms with Crippen LogP contribution in [0.4, 0.5) is 5.69 Å². The van der Waals surface area contributed by atoms with Crippen molar-refractivity contribution in [3.63, 3.8) is 0 Å². The van der Waals surface area contributed by atoms with Crippen LogP contribution in [0.1, 0.15) is 15.9 Å². The molecule has 0 saturated heterocycles. The molecule has 0 radical (unpaired) electrons. The molecule has 0 fully saturated rings. The molecule has 3 aromatic rings. The first-order valence-corrected chi connectivity index (χ1v) is 6.59. The Hall–Kier alpha value is -2.61. The van der Waals surface area contributed by atoms with Gasteiger partial charge in [-0.1, -0.05) is 54.6 Å². The van der Waals surface area contributed by atoms with Crippen LogP contribution in [0.15, 0.2) is 66.7 Å². The van der Waals surface area contributed by atoms with Crippen LogP contribution in [0.5, 0.6) is 0 Å². The van der Waals surface area contributed by atoms with E-state index in [1.54, 1.807) is 12.1 Å². The van der Waals surface area contributed by atoms with E-state index in [-0.39, 0.29) is 5.78 Å². The van der Waals surface area contributed by atoms with Crippen LogP contribution in [0, 0.1) is 0 Å². The SMILES string of the molecule is Nc1cccc(C(=O)Cc2cccc3ccccc23)c1. The third-order valence-corrected chi connectivity index (χ3v) is 3.44. The molecule has 2 heteroatoms. The maximum Gasteiger partial charge on any atom is 0.167 e. The van der Waals surface area contributed by atoms with Gasteiger partial charge >= 0.3 is 0 Å². The summed E-state index contributed by atoms with van der Waals surface area (Å²) >= 11 is 0. The smallest absolute Gasteiger partial charge is 0.167 e. The number of hydrogen-bond donors (Lipinski definition) is 1. The Morgan fingerprint density at radius 1 is 0.900 bits per heavy atom. The number of hydrogen-bond acceptors (Lipinski definition) is 2. The Labute approximate surface area is 117 Å². The monoisotopic (exact) mass is 261 g/mol. The molecule has 20 heavy (non-hydrogen) atoms. The van der Waals surface area contributed by atoms with Crippen LogP contribution in [-0.2, 0) is 6.42 Å². The third-order valence-electron chi connectivity index (χ3n) is 3.44. The molecule has 2 N–H and O–H groups in total. The van der Waals surface area contributed by atoms with Crippen molar-refractivity contribution in [3.8, 4) is 0 Å². The Balaban J connectivity index is 1.95. The molecule has 2 nitrogen and oxygen atoms in total. The highest BCUT2D eigenvalue weighted by atomic mass is 16.1. The van der Waals surface area contributed by atoms with Crippen molar-refractivity contribution in [3.05, 3.63) is 77.9 Å². The quantitative estimate of drug-likeness (QED) is 0.575. The van der Waals surface area contributed by atoms with E-state index in [4.69, 9.17) is 5.73 Å². The van der Waals surface area contributed by atoms with Crippen molar-refractivity contribution in [1.29, 1.82) is 0 Å². The zero-order valence-corrected chi connectivity index (χ0v) is 11.0. The molecule has 0 aliphatic rings. The number of rotatable bonds is 3. The van der Waals surface area contributed by atoms with E-state index in [9.17, 15) is 4.79 Å². The highest BCUT2D eigenvalue weighted by Crippen LogP contribution is 2.20. The molecular formula is C18H15NO. The largest absolute Gasteiger partial charge is 0.399 e. The Morgan fingerprint density at radius 3 is 2.50 bits per heavy atom. The number of benzene rings is 3. The molecule has 0 aliphatic carbocycles. The topological polar surface area (TPSA) is 43.1 Å². The van der Waals surface area contributed by atoms with Crippen molar-refractivity contribution in [1.82, 2.24) is 0 Å². The number of anilines is 1. The summed E-state index contributed by atoms with van der Waals surface area (Å²) in [5, 5.41) is 2.29. The van der Waals surface area contributed by atoms with Gasteiger partial charge in [0.2, 0.25) is 0 Å². The lowest BCUT2D eigenvalue weighted by Crippen LogP contribution is -2.04. The van der Waals surface area contributed by atoms with Crippen molar-refractivity contribution in [2.45, 2.75) is 6.42 Å². The standard InChI is InChI=1S/C18H15NO/c19-16-9-4-8-15(11-16)18(20)12-14-7-3-6-13-5-1-2-10-17(13)14/h1-11H,12,19H2. The zero-order chi connectivity index (χ0) is 13.9. The molecule has 0 bridgehead atoms. The summed E-state index contributed by atoms with van der Waals surface area (Å²) in [6.45, 7) is 0. The minimum Gasteiger partial charge on any atom is -0.399 e. The lowest BCUT2D eigenvalue weighted by atomic mass is 9.97. The van der Waals surface area contributed by atoms with Crippen LogP contribution in [0.2, 0.25) is 0 Å². The average molecular weight is 261 g/mol. The van der Waals surface area contributed by atoms with Crippen molar-refractivity contribution < 1.29 is 4.79 Å². The number of nitrogen functional groups attached to an aromatic ring is 1. The average Bonchev–Trinajstić information content (AvgIpc) is 2.47. The molecule has 0 heterocycles. The first-order chi connectivity index (χ1) is 9.74. The van der Waals surface area contributed by atoms with Gasteiger partial charge in [-0.2, -0.15) is 0 Å². The summed E-state index contributed by atoms with van der Waals surface area (Å²) in [5.41, 5.74) is 8.06. The summed E-state index contributed by atoms with van der Waals surface area (Å²) in [4.78, 5) is 12.4. The van der Waals surface area contributed by atoms with Gasteiger partial charge in [0.25, 0.3) is 0 Å². The fraction of sp³-hybridized carbons (Fsp3) is 0.0556. The zero-order valence-electron chi connectivity index (χ0n) is 11.0. The first-order valence-electron chi connectivity index (χ1n) is 6.59. The van der Waals surface area contributed by atoms with E-state index in [1.807, 2.05) is 36.4 Å². The highest BCUT2D eigenvalue weighted by Gasteiger charge is 2.09. The summed E-state index contributed by atoms with van der Waals surface area (Å²) in [6.07, 6.45) is 0.394. The van der Waals surface area contributed by atoms with Crippen molar-refractivity contribution in [2.24, 2.45) is 0 Å². The molecule has 3 rings (SSSR count). The lowest BCUT2D eigenvalue weighted by molar-refractivity contribution is 0.0993. The minimum absolute atomic E-state index is 0.0913. The minimum atomic E-state index is 0.0913. The molecule has 0 atom stereocenters. The van der Waals surface area contributed by atoms with Gasteiger partial charge in [-0.05, 0) is 28.5 Å². The lowest BCUT2D eigenvalue weighted by Gasteiger charge is -2.06. The van der Waals surface area contributed by atoms with Gasteiger partial charge in [-0.25, -0.2) is 0 Å². The second-order valence-electron chi connectivity index (χ2n) is 4.86. The number of fused-ring (bicyclic) bond motifs is 1. The summed E-state index contributed by atoms with van der Waals surface area (Å²) in [7, 11) is 0. The Morgan fingerprint density at radius 2 is 1.65 bits per heavy atom. The molecule has 3 aromatic carbocycles. The van der Waals surface area contributed by atoms with E-state index in [1.165, 1.54) is 0 Å². The van der Waals surface area contributed by atoms with Gasteiger partial charge in [-0.15, -0.1) is 0 Å². The van der Waals surface area contributed by atoms with E-state index in [2.05, 4.69) is 18.2 Å². The third kappa shape index (κ3) is 2.41. The molecule has 0 saturated carbocycles. The maximum atomic E-state index is 12.4. The molecular weight excluding hydrogens is 246 g/mol. The van der Waals surface area contributed by atoms with E-state index >= 15 is 0 Å². The van der Waals surface area contributed by atoms with Gasteiger partial charge in [0.15, 0.2) is 5.78 Å². The molecule has 98 valence electrons. The van der Waals surface area contributed by atoms with Crippen LogP contribution in [-0.4, -0.2) is 5.78 Å². The summed E-state index contributed by atoms with van der Waals surface area (Å²) < 4.78 is 0. The van der Waals surface area contributed by atoms with Crippen LogP contribution >= 0.6 is 0 Å². The molecule has 0 spiro atoms. The van der Waals surface area contributed by atoms with Gasteiger partial charge in [0, 0.05) is 17.7 Å². The van der Waals surface area contributed by atoms with Gasteiger partial charge < -0.3 is 5.73 Å². The van der Waals surface area contributed by atoms with Gasteiger partial charge in [-0.3, -0.25) is 4.79 Å². The fourth-order valence-electron chi connectivity index (χ4n) is 2.43. The predicted octanol–water partition coefficient (Wildman–Crippen LogP) is 3.85. The van der Waals surface area contributed by atoms with Crippen LogP contribution in [0.3, 0.4) is 0 Å². The normalized spacial score (nSPS) is 10.6. The van der Waals surface area contributed by atoms with Gasteiger partial charge in [0.1, 0.15) is 0 Å². The highest BCUT2D eigenvalue weighted by molar-refractivity contribution is 6.00. The molecule has 0 aromatic heterocycles. The van der Waals surface area contributed by atoms with Gasteiger partial charge in [0.05, 0.1) is 0 Å². The second kappa shape index (κ2) is 5.17. The number of carbonyl (C=O) groups excluding carboxylic acids is 1. The first kappa shape index (κ1) is 12.4. The maximum absolute atomic E-state index is 12.4. The van der Waals surface area contributed by atoms with E-state index < -0.39 is 0 Å². The number of ketones is 1. The van der Waals surface area contributed by atoms with E-state index in [0.29, 0.717) is 17.7 Å². The second-order valence-corrected chi connectivity index (χ2v) is 4.86. The van der Waals surface area contributed by atoms with Crippen molar-refractivity contribution >= 4 is 22.2 Å². The number of Topliss-reactive ketones (excluding diaryl/α,β-unsaturated/α-hetero) is 1. The molecule has 0 aliphatic heterocycles. The summed E-state index contributed by atoms with van der Waals surface area (Å²) in [5.74, 6) is 0.0913. The molecule has 0 unspecified atom stereocenters. The van der Waals surface area contributed by atoms with E-state index in [0.717, 1.165) is 16.3 Å². The summed E-state index contributed by atoms with van der Waals surface area (Å²) in [6, 6.07) is 21.3. The van der Waals surface area contributed by atoms with Crippen LogP contribution < -0.4 is 5.73 Å². The number of nitrogens with two attached hydrogens (primary N) is 1. The fourth-order valence-corrected chi connectivity index (χ4v) is 2.43. The number of carbonyl (C=O) groups is 1. The Bertz CT molecular complexity index is 772. The predicted molar refractivity (Wildman–Crippen MR) is 82.8 cm³/mol.